The first-order valence-corrected chi connectivity index (χ1v) is 10.5. The normalized spacial score (nSPS) is 12.3. The largest absolute Gasteiger partial charge is 0.322 e. The van der Waals surface area contributed by atoms with Crippen molar-refractivity contribution in [1.82, 2.24) is 30.0 Å². The van der Waals surface area contributed by atoms with Gasteiger partial charge in [0.2, 0.25) is 0 Å². The molecule has 0 aliphatic rings. The van der Waals surface area contributed by atoms with Gasteiger partial charge in [-0.1, -0.05) is 52.8 Å². The molecule has 0 spiro atoms. The molecule has 0 atom stereocenters. The van der Waals surface area contributed by atoms with Gasteiger partial charge in [0.25, 0.3) is 5.91 Å². The van der Waals surface area contributed by atoms with Gasteiger partial charge in [-0.15, -0.1) is 10.2 Å². The van der Waals surface area contributed by atoms with Crippen LogP contribution in [-0.4, -0.2) is 35.9 Å². The van der Waals surface area contributed by atoms with Crippen molar-refractivity contribution < 1.29 is 4.79 Å². The topological polar surface area (TPSA) is 128 Å². The van der Waals surface area contributed by atoms with Gasteiger partial charge in [-0.05, 0) is 19.1 Å². The Labute approximate surface area is 185 Å². The number of carbonyl (C=O) groups excluding carboxylic acids is 1. The molecular weight excluding hydrogens is 406 g/mol. The fraction of sp³-hybridized carbons (Fsp3) is 0.364. The van der Waals surface area contributed by atoms with Crippen LogP contribution in [0.2, 0.25) is 0 Å². The molecule has 0 saturated heterocycles. The van der Waals surface area contributed by atoms with Crippen LogP contribution in [0.1, 0.15) is 68.1 Å². The van der Waals surface area contributed by atoms with E-state index in [1.54, 1.807) is 11.4 Å². The zero-order valence-electron chi connectivity index (χ0n) is 19.1. The van der Waals surface area contributed by atoms with Gasteiger partial charge in [0, 0.05) is 17.0 Å². The molecule has 4 aromatic rings. The van der Waals surface area contributed by atoms with E-state index in [0.717, 1.165) is 11.5 Å². The number of hydrogen-bond acceptors (Lipinski definition) is 6. The third-order valence-electron chi connectivity index (χ3n) is 5.02. The van der Waals surface area contributed by atoms with Crippen molar-refractivity contribution in [2.75, 3.05) is 5.32 Å². The maximum absolute atomic E-state index is 12.9. The average Bonchev–Trinajstić information content (AvgIpc) is 3.40. The second kappa shape index (κ2) is 8.03. The van der Waals surface area contributed by atoms with Gasteiger partial charge in [0.15, 0.2) is 23.0 Å². The SMILES string of the molecule is Cc1n[nH]c(N=Nc2c(C(C)(C)C)nn3c(C(C)C)n[nH]c23)c1C(=O)Nc1ccccc1. The van der Waals surface area contributed by atoms with E-state index in [1.807, 2.05) is 30.3 Å². The predicted molar refractivity (Wildman–Crippen MR) is 122 cm³/mol. The lowest BCUT2D eigenvalue weighted by Gasteiger charge is -2.15. The van der Waals surface area contributed by atoms with Crippen molar-refractivity contribution in [1.29, 1.82) is 0 Å². The Hall–Kier alpha value is -3.82. The van der Waals surface area contributed by atoms with Crippen LogP contribution in [0.5, 0.6) is 0 Å². The molecule has 0 saturated carbocycles. The number of rotatable bonds is 5. The Morgan fingerprint density at radius 1 is 1.09 bits per heavy atom. The number of nitrogens with zero attached hydrogens (tertiary/aromatic N) is 6. The smallest absolute Gasteiger partial charge is 0.261 e. The highest BCUT2D eigenvalue weighted by Crippen LogP contribution is 2.36. The molecule has 3 aromatic heterocycles. The highest BCUT2D eigenvalue weighted by atomic mass is 16.1. The van der Waals surface area contributed by atoms with E-state index < -0.39 is 0 Å². The van der Waals surface area contributed by atoms with E-state index in [-0.39, 0.29) is 23.1 Å². The molecular formula is C22H27N9O. The summed E-state index contributed by atoms with van der Waals surface area (Å²) in [4.78, 5) is 12.9. The zero-order valence-corrected chi connectivity index (χ0v) is 19.1. The Bertz CT molecular complexity index is 1290. The fourth-order valence-electron chi connectivity index (χ4n) is 3.39. The summed E-state index contributed by atoms with van der Waals surface area (Å²) in [6.07, 6.45) is 0. The lowest BCUT2D eigenvalue weighted by molar-refractivity contribution is 0.102. The van der Waals surface area contributed by atoms with Gasteiger partial charge in [-0.2, -0.15) is 19.8 Å². The van der Waals surface area contributed by atoms with Crippen molar-refractivity contribution in [3.8, 4) is 0 Å². The molecule has 0 radical (unpaired) electrons. The monoisotopic (exact) mass is 433 g/mol. The highest BCUT2D eigenvalue weighted by Gasteiger charge is 2.28. The summed E-state index contributed by atoms with van der Waals surface area (Å²) >= 11 is 0. The predicted octanol–water partition coefficient (Wildman–Crippen LogP) is 5.18. The van der Waals surface area contributed by atoms with E-state index >= 15 is 0 Å². The van der Waals surface area contributed by atoms with E-state index in [2.05, 4.69) is 70.6 Å². The second-order valence-corrected chi connectivity index (χ2v) is 9.00. The van der Waals surface area contributed by atoms with Crippen LogP contribution < -0.4 is 5.32 Å². The van der Waals surface area contributed by atoms with Crippen molar-refractivity contribution >= 4 is 28.7 Å². The molecule has 0 unspecified atom stereocenters. The average molecular weight is 434 g/mol. The van der Waals surface area contributed by atoms with Gasteiger partial charge in [-0.25, -0.2) is 0 Å². The number of aromatic nitrogens is 6. The Kier molecular flexibility index (Phi) is 5.37. The lowest BCUT2D eigenvalue weighted by atomic mass is 9.91. The van der Waals surface area contributed by atoms with Gasteiger partial charge < -0.3 is 5.32 Å². The number of carbonyl (C=O) groups is 1. The van der Waals surface area contributed by atoms with E-state index in [0.29, 0.717) is 28.3 Å². The molecule has 10 heteroatoms. The number of aromatic amines is 2. The van der Waals surface area contributed by atoms with Crippen LogP contribution in [0.3, 0.4) is 0 Å². The summed E-state index contributed by atoms with van der Waals surface area (Å²) in [5, 5.41) is 30.9. The van der Waals surface area contributed by atoms with Gasteiger partial charge >= 0.3 is 0 Å². The number of anilines is 1. The van der Waals surface area contributed by atoms with Crippen molar-refractivity contribution in [2.45, 2.75) is 52.9 Å². The third kappa shape index (κ3) is 3.91. The molecule has 0 fully saturated rings. The summed E-state index contributed by atoms with van der Waals surface area (Å²) < 4.78 is 1.78. The minimum atomic E-state index is -0.309. The van der Waals surface area contributed by atoms with Crippen LogP contribution in [0.4, 0.5) is 17.2 Å². The van der Waals surface area contributed by atoms with Gasteiger partial charge in [0.05, 0.1) is 11.4 Å². The number of H-pyrrole nitrogens is 2. The number of azo groups is 1. The zero-order chi connectivity index (χ0) is 23.0. The molecule has 3 heterocycles. The van der Waals surface area contributed by atoms with Crippen molar-refractivity contribution in [2.24, 2.45) is 10.2 Å². The van der Waals surface area contributed by atoms with E-state index in [4.69, 9.17) is 5.10 Å². The maximum Gasteiger partial charge on any atom is 0.261 e. The number of fused-ring (bicyclic) bond motifs is 1. The molecule has 0 bridgehead atoms. The van der Waals surface area contributed by atoms with E-state index in [1.165, 1.54) is 0 Å². The first kappa shape index (κ1) is 21.4. The number of hydrogen-bond donors (Lipinski definition) is 3. The van der Waals surface area contributed by atoms with Crippen LogP contribution in [0.25, 0.3) is 5.65 Å². The molecule has 10 nitrogen and oxygen atoms in total. The second-order valence-electron chi connectivity index (χ2n) is 9.00. The minimum Gasteiger partial charge on any atom is -0.322 e. The molecule has 166 valence electrons. The van der Waals surface area contributed by atoms with E-state index in [9.17, 15) is 4.79 Å². The lowest BCUT2D eigenvalue weighted by Crippen LogP contribution is -2.13. The number of amides is 1. The fourth-order valence-corrected chi connectivity index (χ4v) is 3.39. The number of benzene rings is 1. The summed E-state index contributed by atoms with van der Waals surface area (Å²) in [5.74, 6) is 0.965. The number of para-hydroxylation sites is 1. The minimum absolute atomic E-state index is 0.185. The Morgan fingerprint density at radius 3 is 2.47 bits per heavy atom. The van der Waals surface area contributed by atoms with Gasteiger partial charge in [-0.3, -0.25) is 15.0 Å². The summed E-state index contributed by atoms with van der Waals surface area (Å²) in [6, 6.07) is 9.23. The molecule has 1 aromatic carbocycles. The number of aryl methyl sites for hydroxylation is 1. The highest BCUT2D eigenvalue weighted by molar-refractivity contribution is 6.07. The van der Waals surface area contributed by atoms with Crippen LogP contribution in [-0.2, 0) is 5.41 Å². The van der Waals surface area contributed by atoms with Crippen LogP contribution >= 0.6 is 0 Å². The first-order valence-electron chi connectivity index (χ1n) is 10.5. The molecule has 0 aliphatic heterocycles. The standard InChI is InChI=1S/C22H27N9O/c1-12(2)19-28-29-20-16(17(22(4,5)6)30-31(19)20)25-27-18-15(13(3)24-26-18)21(32)23-14-10-8-7-9-11-14/h7-12,29H,1-6H3,(H,23,32)(H,24,26). The van der Waals surface area contributed by atoms with Crippen molar-refractivity contribution in [3.05, 3.63) is 53.1 Å². The maximum atomic E-state index is 12.9. The third-order valence-corrected chi connectivity index (χ3v) is 5.02. The summed E-state index contributed by atoms with van der Waals surface area (Å²) in [6.45, 7) is 12.1. The number of nitrogens with one attached hydrogen (secondary N) is 3. The molecule has 1 amide bonds. The van der Waals surface area contributed by atoms with Crippen LogP contribution in [0, 0.1) is 6.92 Å². The Morgan fingerprint density at radius 2 is 1.81 bits per heavy atom. The molecule has 32 heavy (non-hydrogen) atoms. The summed E-state index contributed by atoms with van der Waals surface area (Å²) in [5.41, 5.74) is 3.31. The Balaban J connectivity index is 1.74. The summed E-state index contributed by atoms with van der Waals surface area (Å²) in [7, 11) is 0. The molecule has 4 rings (SSSR count). The first-order chi connectivity index (χ1) is 15.2. The molecule has 0 aliphatic carbocycles. The van der Waals surface area contributed by atoms with Gasteiger partial charge in [0.1, 0.15) is 5.56 Å². The van der Waals surface area contributed by atoms with Crippen molar-refractivity contribution in [3.63, 3.8) is 0 Å². The molecule has 3 N–H and O–H groups in total. The quantitative estimate of drug-likeness (QED) is 0.375. The van der Waals surface area contributed by atoms with Crippen LogP contribution in [0.15, 0.2) is 40.6 Å².